The van der Waals surface area contributed by atoms with Crippen LogP contribution in [0.1, 0.15) is 50.8 Å². The van der Waals surface area contributed by atoms with Crippen LogP contribution in [0.4, 0.5) is 0 Å². The Bertz CT molecular complexity index is 1050. The van der Waals surface area contributed by atoms with Gasteiger partial charge >= 0.3 is 0 Å². The van der Waals surface area contributed by atoms with Gasteiger partial charge < -0.3 is 10.4 Å². The highest BCUT2D eigenvalue weighted by Crippen LogP contribution is 2.28. The molecule has 0 heterocycles. The summed E-state index contributed by atoms with van der Waals surface area (Å²) in [4.78, 5) is 1.18. The third-order valence-corrected chi connectivity index (χ3v) is 7.18. The van der Waals surface area contributed by atoms with Gasteiger partial charge in [0.25, 0.3) is 0 Å². The molecule has 0 bridgehead atoms. The van der Waals surface area contributed by atoms with Crippen molar-refractivity contribution >= 4 is 25.4 Å². The first-order valence-electron chi connectivity index (χ1n) is 12.9. The maximum Gasteiger partial charge on any atom is 0.0800 e. The van der Waals surface area contributed by atoms with Crippen molar-refractivity contribution in [2.24, 2.45) is 0 Å². The molecule has 0 radical (unpaired) electrons. The average Bonchev–Trinajstić information content (AvgIpc) is 2.84. The largest absolute Gasteiger partial charge is 0.390 e. The number of nitrogens with one attached hydrogen (secondary N) is 1. The van der Waals surface area contributed by atoms with Crippen molar-refractivity contribution in [3.63, 3.8) is 0 Å². The fourth-order valence-electron chi connectivity index (χ4n) is 4.37. The van der Waals surface area contributed by atoms with E-state index in [0.29, 0.717) is 13.1 Å². The van der Waals surface area contributed by atoms with E-state index in [9.17, 15) is 5.11 Å². The van der Waals surface area contributed by atoms with Crippen molar-refractivity contribution in [2.45, 2.75) is 69.9 Å². The molecule has 0 saturated heterocycles. The number of nitrogens with zero attached hydrogens (tertiary/aromatic N) is 1. The van der Waals surface area contributed by atoms with Crippen molar-refractivity contribution in [3.8, 4) is 11.1 Å². The standard InChI is InChI=1S/C31H42N2OS.H2S/c1-6-10-25-11-8-12-27(19-25)28-13-9-14-30(20-28)35-33(5)23-29(34)22-32-31(3,4)21-26-17-15-24(7-2)16-18-26;/h8-9,11-20,29,32,34H,6-7,10,21-23H2,1-5H3;1H2. The Labute approximate surface area is 230 Å². The number of β-amino-alcohol motifs (C(OH)–C–C–N with tert-alkyl or cyclic N) is 1. The smallest absolute Gasteiger partial charge is 0.0800 e. The Kier molecular flexibility index (Phi) is 12.6. The summed E-state index contributed by atoms with van der Waals surface area (Å²) < 4.78 is 2.12. The molecule has 0 aliphatic heterocycles. The summed E-state index contributed by atoms with van der Waals surface area (Å²) in [5.41, 5.74) is 6.49. The zero-order chi connectivity index (χ0) is 25.3. The fourth-order valence-corrected chi connectivity index (χ4v) is 5.29. The molecule has 1 atom stereocenters. The molecule has 0 aromatic heterocycles. The molecule has 0 spiro atoms. The van der Waals surface area contributed by atoms with E-state index in [2.05, 4.69) is 110 Å². The third-order valence-electron chi connectivity index (χ3n) is 6.26. The van der Waals surface area contributed by atoms with Crippen LogP contribution in [0.5, 0.6) is 0 Å². The molecule has 0 fully saturated rings. The lowest BCUT2D eigenvalue weighted by atomic mass is 9.94. The molecule has 2 N–H and O–H groups in total. The van der Waals surface area contributed by atoms with Gasteiger partial charge in [-0.2, -0.15) is 13.5 Å². The Morgan fingerprint density at radius 1 is 0.889 bits per heavy atom. The summed E-state index contributed by atoms with van der Waals surface area (Å²) in [6, 6.07) is 26.4. The van der Waals surface area contributed by atoms with Gasteiger partial charge in [-0.3, -0.25) is 0 Å². The lowest BCUT2D eigenvalue weighted by Gasteiger charge is -2.29. The molecule has 3 aromatic rings. The summed E-state index contributed by atoms with van der Waals surface area (Å²) in [6.07, 6.45) is 3.82. The maximum atomic E-state index is 10.7. The van der Waals surface area contributed by atoms with Crippen molar-refractivity contribution in [1.82, 2.24) is 9.62 Å². The van der Waals surface area contributed by atoms with Gasteiger partial charge in [0.1, 0.15) is 0 Å². The van der Waals surface area contributed by atoms with Gasteiger partial charge in [-0.1, -0.05) is 80.9 Å². The average molecular weight is 525 g/mol. The normalized spacial score (nSPS) is 12.4. The number of likely N-dealkylation sites (N-methyl/N-ethyl adjacent to an activating group) is 1. The molecule has 0 saturated carbocycles. The minimum Gasteiger partial charge on any atom is -0.390 e. The molecular formula is C31H44N2OS2. The number of aliphatic hydroxyl groups is 1. The molecule has 0 aliphatic carbocycles. The first-order chi connectivity index (χ1) is 16.8. The third kappa shape index (κ3) is 9.95. The lowest BCUT2D eigenvalue weighted by Crippen LogP contribution is -2.46. The molecule has 36 heavy (non-hydrogen) atoms. The minimum absolute atomic E-state index is 0. The van der Waals surface area contributed by atoms with Crippen LogP contribution in [0.3, 0.4) is 0 Å². The van der Waals surface area contributed by atoms with Crippen LogP contribution in [0.15, 0.2) is 77.7 Å². The van der Waals surface area contributed by atoms with Crippen LogP contribution in [-0.2, 0) is 19.3 Å². The van der Waals surface area contributed by atoms with E-state index in [0.717, 1.165) is 25.7 Å². The molecule has 3 nitrogen and oxygen atoms in total. The molecule has 3 rings (SSSR count). The van der Waals surface area contributed by atoms with E-state index in [1.165, 1.54) is 32.7 Å². The van der Waals surface area contributed by atoms with E-state index in [1.54, 1.807) is 11.9 Å². The molecule has 0 amide bonds. The van der Waals surface area contributed by atoms with E-state index in [4.69, 9.17) is 0 Å². The van der Waals surface area contributed by atoms with Crippen LogP contribution in [0.25, 0.3) is 11.1 Å². The van der Waals surface area contributed by atoms with E-state index < -0.39 is 6.10 Å². The Morgan fingerprint density at radius 3 is 2.19 bits per heavy atom. The highest BCUT2D eigenvalue weighted by molar-refractivity contribution is 7.97. The number of benzene rings is 3. The van der Waals surface area contributed by atoms with Gasteiger partial charge in [0.05, 0.1) is 6.10 Å². The van der Waals surface area contributed by atoms with Crippen molar-refractivity contribution < 1.29 is 5.11 Å². The predicted molar refractivity (Wildman–Crippen MR) is 162 cm³/mol. The zero-order valence-electron chi connectivity index (χ0n) is 22.6. The summed E-state index contributed by atoms with van der Waals surface area (Å²) in [5.74, 6) is 0. The lowest BCUT2D eigenvalue weighted by molar-refractivity contribution is 0.142. The van der Waals surface area contributed by atoms with Gasteiger partial charge in [0.2, 0.25) is 0 Å². The van der Waals surface area contributed by atoms with E-state index in [-0.39, 0.29) is 19.0 Å². The number of hydrogen-bond acceptors (Lipinski definition) is 4. The molecule has 196 valence electrons. The van der Waals surface area contributed by atoms with Crippen LogP contribution in [0, 0.1) is 0 Å². The Morgan fingerprint density at radius 2 is 1.53 bits per heavy atom. The zero-order valence-corrected chi connectivity index (χ0v) is 24.4. The first kappa shape index (κ1) is 30.5. The minimum atomic E-state index is -0.442. The number of aliphatic hydroxyl groups excluding tert-OH is 1. The van der Waals surface area contributed by atoms with Crippen LogP contribution in [-0.4, -0.2) is 41.2 Å². The second-order valence-corrected chi connectivity index (χ2v) is 11.4. The van der Waals surface area contributed by atoms with Crippen molar-refractivity contribution in [3.05, 3.63) is 89.5 Å². The first-order valence-corrected chi connectivity index (χ1v) is 13.6. The SMILES string of the molecule is CCCc1cccc(-c2cccc(SN(C)CC(O)CNC(C)(C)Cc3ccc(CC)cc3)c2)c1.S. The quantitative estimate of drug-likeness (QED) is 0.239. The maximum absolute atomic E-state index is 10.7. The van der Waals surface area contributed by atoms with Crippen LogP contribution >= 0.6 is 25.4 Å². The van der Waals surface area contributed by atoms with E-state index >= 15 is 0 Å². The molecule has 3 aromatic carbocycles. The van der Waals surface area contributed by atoms with Crippen molar-refractivity contribution in [1.29, 1.82) is 0 Å². The monoisotopic (exact) mass is 524 g/mol. The van der Waals surface area contributed by atoms with Gasteiger partial charge in [-0.05, 0) is 92.1 Å². The molecule has 5 heteroatoms. The molecule has 0 aliphatic rings. The Hall–Kier alpha value is -1.76. The van der Waals surface area contributed by atoms with Gasteiger partial charge in [-0.25, -0.2) is 4.31 Å². The second-order valence-electron chi connectivity index (χ2n) is 10.1. The second kappa shape index (κ2) is 14.8. The molecule has 1 unspecified atom stereocenters. The fraction of sp³-hybridized carbons (Fsp3) is 0.419. The number of aryl methyl sites for hydroxylation is 2. The summed E-state index contributed by atoms with van der Waals surface area (Å²) >= 11 is 1.68. The number of hydrogen-bond donors (Lipinski definition) is 2. The van der Waals surface area contributed by atoms with Gasteiger partial charge in [0.15, 0.2) is 0 Å². The highest BCUT2D eigenvalue weighted by Gasteiger charge is 2.20. The Balaban J connectivity index is 0.00000456. The van der Waals surface area contributed by atoms with E-state index in [1.807, 2.05) is 7.05 Å². The van der Waals surface area contributed by atoms with Crippen LogP contribution < -0.4 is 5.32 Å². The predicted octanol–water partition coefficient (Wildman–Crippen LogP) is 6.89. The van der Waals surface area contributed by atoms with Gasteiger partial charge in [-0.15, -0.1) is 0 Å². The van der Waals surface area contributed by atoms with Crippen molar-refractivity contribution in [2.75, 3.05) is 20.1 Å². The summed E-state index contributed by atoms with van der Waals surface area (Å²) in [5, 5.41) is 14.3. The van der Waals surface area contributed by atoms with Crippen LogP contribution in [0.2, 0.25) is 0 Å². The molecular weight excluding hydrogens is 480 g/mol. The topological polar surface area (TPSA) is 35.5 Å². The summed E-state index contributed by atoms with van der Waals surface area (Å²) in [7, 11) is 2.04. The summed E-state index contributed by atoms with van der Waals surface area (Å²) in [6.45, 7) is 9.96. The van der Waals surface area contributed by atoms with Gasteiger partial charge in [0, 0.05) is 23.5 Å². The number of rotatable bonds is 13. The highest BCUT2D eigenvalue weighted by atomic mass is 32.2.